The molecule has 6 nitrogen and oxygen atoms in total. The lowest BCUT2D eigenvalue weighted by Gasteiger charge is -2.11. The molecule has 0 aliphatic rings. The molecule has 6 heteroatoms. The highest BCUT2D eigenvalue weighted by Crippen LogP contribution is 2.40. The van der Waals surface area contributed by atoms with Crippen LogP contribution in [0.25, 0.3) is 112 Å². The molecule has 11 aromatic rings. The molecule has 3 heterocycles. The van der Waals surface area contributed by atoms with Gasteiger partial charge in [-0.2, -0.15) is 0 Å². The Balaban J connectivity index is 0.977. The van der Waals surface area contributed by atoms with E-state index in [9.17, 15) is 0 Å². The number of furan rings is 1. The second-order valence-electron chi connectivity index (χ2n) is 13.8. The largest absolute Gasteiger partial charge is 0.456 e. The van der Waals surface area contributed by atoms with Crippen molar-refractivity contribution < 1.29 is 8.83 Å². The van der Waals surface area contributed by atoms with E-state index in [1.165, 1.54) is 0 Å². The average Bonchev–Trinajstić information content (AvgIpc) is 3.87. The summed E-state index contributed by atoms with van der Waals surface area (Å²) in [4.78, 5) is 19.8. The molecule has 262 valence electrons. The Hall–Kier alpha value is -7.70. The van der Waals surface area contributed by atoms with E-state index < -0.39 is 0 Å². The minimum Gasteiger partial charge on any atom is -0.456 e. The number of fused-ring (bicyclic) bond motifs is 5. The highest BCUT2D eigenvalue weighted by Gasteiger charge is 2.19. The third-order valence-electron chi connectivity index (χ3n) is 10.4. The summed E-state index contributed by atoms with van der Waals surface area (Å²) in [5.74, 6) is 2.45. The molecule has 0 bridgehead atoms. The summed E-state index contributed by atoms with van der Waals surface area (Å²) in [5.41, 5.74) is 11.1. The van der Waals surface area contributed by atoms with E-state index in [2.05, 4.69) is 97.1 Å². The second-order valence-corrected chi connectivity index (χ2v) is 13.8. The van der Waals surface area contributed by atoms with Gasteiger partial charge in [0.1, 0.15) is 16.7 Å². The number of hydrogen-bond acceptors (Lipinski definition) is 6. The van der Waals surface area contributed by atoms with Crippen LogP contribution in [0.15, 0.2) is 191 Å². The molecule has 11 rings (SSSR count). The van der Waals surface area contributed by atoms with E-state index >= 15 is 0 Å². The minimum atomic E-state index is 0.598. The first-order chi connectivity index (χ1) is 27.7. The van der Waals surface area contributed by atoms with Crippen LogP contribution in [0.2, 0.25) is 0 Å². The fourth-order valence-corrected chi connectivity index (χ4v) is 7.61. The summed E-state index contributed by atoms with van der Waals surface area (Å²) in [7, 11) is 0. The molecule has 56 heavy (non-hydrogen) atoms. The van der Waals surface area contributed by atoms with E-state index in [-0.39, 0.29) is 0 Å². The van der Waals surface area contributed by atoms with Crippen molar-refractivity contribution in [3.63, 3.8) is 0 Å². The Bertz CT molecular complexity index is 3190. The van der Waals surface area contributed by atoms with Crippen molar-refractivity contribution in [2.24, 2.45) is 0 Å². The summed E-state index contributed by atoms with van der Waals surface area (Å²) in [6.45, 7) is 0. The Morgan fingerprint density at radius 3 is 1.64 bits per heavy atom. The van der Waals surface area contributed by atoms with Gasteiger partial charge in [0, 0.05) is 27.5 Å². The van der Waals surface area contributed by atoms with Crippen molar-refractivity contribution in [3.8, 4) is 67.9 Å². The fraction of sp³-hybridized carbons (Fsp3) is 0. The molecule has 0 radical (unpaired) electrons. The second kappa shape index (κ2) is 13.0. The summed E-state index contributed by atoms with van der Waals surface area (Å²) in [6.07, 6.45) is 0. The van der Waals surface area contributed by atoms with Crippen molar-refractivity contribution in [1.29, 1.82) is 0 Å². The van der Waals surface area contributed by atoms with E-state index in [4.69, 9.17) is 28.8 Å². The maximum absolute atomic E-state index is 6.49. The third-order valence-corrected chi connectivity index (χ3v) is 10.4. The molecule has 3 aromatic heterocycles. The van der Waals surface area contributed by atoms with Crippen LogP contribution in [0.3, 0.4) is 0 Å². The van der Waals surface area contributed by atoms with Crippen molar-refractivity contribution in [2.45, 2.75) is 0 Å². The monoisotopic (exact) mass is 718 g/mol. The zero-order valence-corrected chi connectivity index (χ0v) is 29.9. The number of hydrogen-bond donors (Lipinski definition) is 0. The molecule has 8 aromatic carbocycles. The third kappa shape index (κ3) is 5.51. The smallest absolute Gasteiger partial charge is 0.228 e. The Morgan fingerprint density at radius 1 is 0.321 bits per heavy atom. The molecule has 0 fully saturated rings. The van der Waals surface area contributed by atoms with Gasteiger partial charge in [0.2, 0.25) is 5.89 Å². The van der Waals surface area contributed by atoms with Gasteiger partial charge in [-0.1, -0.05) is 140 Å². The molecule has 0 unspecified atom stereocenters. The van der Waals surface area contributed by atoms with Gasteiger partial charge in [-0.25, -0.2) is 19.9 Å². The van der Waals surface area contributed by atoms with Crippen molar-refractivity contribution in [3.05, 3.63) is 182 Å². The summed E-state index contributed by atoms with van der Waals surface area (Å²) in [6, 6.07) is 61.8. The van der Waals surface area contributed by atoms with E-state index in [1.54, 1.807) is 0 Å². The molecule has 0 N–H and O–H groups in total. The number of oxazole rings is 1. The van der Waals surface area contributed by atoms with Crippen LogP contribution in [-0.4, -0.2) is 19.9 Å². The molecule has 0 saturated heterocycles. The first kappa shape index (κ1) is 31.8. The van der Waals surface area contributed by atoms with Crippen LogP contribution < -0.4 is 0 Å². The molecule has 0 amide bonds. The Kier molecular flexibility index (Phi) is 7.38. The van der Waals surface area contributed by atoms with Gasteiger partial charge >= 0.3 is 0 Å². The molecule has 0 aliphatic carbocycles. The van der Waals surface area contributed by atoms with Crippen LogP contribution in [0.5, 0.6) is 0 Å². The van der Waals surface area contributed by atoms with Crippen LogP contribution in [-0.2, 0) is 0 Å². The van der Waals surface area contributed by atoms with Gasteiger partial charge in [0.25, 0.3) is 0 Å². The molecule has 0 saturated carbocycles. The number of nitrogens with zero attached hydrogens (tertiary/aromatic N) is 4. The van der Waals surface area contributed by atoms with E-state index in [0.29, 0.717) is 23.4 Å². The van der Waals surface area contributed by atoms with Crippen molar-refractivity contribution in [2.75, 3.05) is 0 Å². The standard InChI is InChI=1S/C50H30N4O2/c1-4-12-31(13-5-1)39-24-20-32-14-10-11-19-38(32)46(39)50-51-42-29-35(22-27-44(42)56-50)36-21-25-40-41-28-37(23-26-43(41)55-45(40)30-36)49-53-47(33-15-6-2-7-16-33)52-48(54-49)34-17-8-3-9-18-34/h1-30H. The minimum absolute atomic E-state index is 0.598. The summed E-state index contributed by atoms with van der Waals surface area (Å²) < 4.78 is 12.9. The average molecular weight is 719 g/mol. The Labute approximate surface area is 321 Å². The molecular weight excluding hydrogens is 689 g/mol. The zero-order chi connectivity index (χ0) is 37.0. The number of aromatic nitrogens is 4. The van der Waals surface area contributed by atoms with Gasteiger partial charge in [0.15, 0.2) is 23.1 Å². The first-order valence-electron chi connectivity index (χ1n) is 18.5. The van der Waals surface area contributed by atoms with Crippen LogP contribution in [0, 0.1) is 0 Å². The Morgan fingerprint density at radius 2 is 0.911 bits per heavy atom. The molecule has 0 atom stereocenters. The lowest BCUT2D eigenvalue weighted by Crippen LogP contribution is -2.00. The molecule has 0 spiro atoms. The van der Waals surface area contributed by atoms with Crippen LogP contribution in [0.1, 0.15) is 0 Å². The first-order valence-corrected chi connectivity index (χ1v) is 18.5. The van der Waals surface area contributed by atoms with Crippen molar-refractivity contribution >= 4 is 43.8 Å². The highest BCUT2D eigenvalue weighted by molar-refractivity contribution is 6.07. The predicted molar refractivity (Wildman–Crippen MR) is 225 cm³/mol. The van der Waals surface area contributed by atoms with Crippen LogP contribution in [0.4, 0.5) is 0 Å². The van der Waals surface area contributed by atoms with Crippen molar-refractivity contribution in [1.82, 2.24) is 19.9 Å². The van der Waals surface area contributed by atoms with E-state index in [1.807, 2.05) is 84.9 Å². The SMILES string of the molecule is c1ccc(-c2nc(-c3ccccc3)nc(-c3ccc4oc5cc(-c6ccc7oc(-c8c(-c9ccccc9)ccc9ccccc89)nc7c6)ccc5c4c3)n2)cc1. The topological polar surface area (TPSA) is 77.8 Å². The molecule has 0 aliphatic heterocycles. The maximum atomic E-state index is 6.49. The summed E-state index contributed by atoms with van der Waals surface area (Å²) >= 11 is 0. The number of benzene rings is 8. The van der Waals surface area contributed by atoms with E-state index in [0.717, 1.165) is 88.3 Å². The van der Waals surface area contributed by atoms with Gasteiger partial charge < -0.3 is 8.83 Å². The predicted octanol–water partition coefficient (Wildman–Crippen LogP) is 13.1. The van der Waals surface area contributed by atoms with Crippen LogP contribution >= 0.6 is 0 Å². The normalized spacial score (nSPS) is 11.6. The van der Waals surface area contributed by atoms with Gasteiger partial charge in [-0.05, 0) is 75.5 Å². The quantitative estimate of drug-likeness (QED) is 0.170. The lowest BCUT2D eigenvalue weighted by molar-refractivity contribution is 0.621. The summed E-state index contributed by atoms with van der Waals surface area (Å²) in [5, 5.41) is 4.25. The zero-order valence-electron chi connectivity index (χ0n) is 29.9. The maximum Gasteiger partial charge on any atom is 0.228 e. The fourth-order valence-electron chi connectivity index (χ4n) is 7.61. The number of rotatable bonds is 6. The van der Waals surface area contributed by atoms with Gasteiger partial charge in [-0.3, -0.25) is 0 Å². The van der Waals surface area contributed by atoms with Gasteiger partial charge in [0.05, 0.1) is 5.56 Å². The van der Waals surface area contributed by atoms with Gasteiger partial charge in [-0.15, -0.1) is 0 Å². The highest BCUT2D eigenvalue weighted by atomic mass is 16.3. The lowest BCUT2D eigenvalue weighted by atomic mass is 9.94. The molecular formula is C50H30N4O2.